The van der Waals surface area contributed by atoms with Gasteiger partial charge >= 0.3 is 0 Å². The highest BCUT2D eigenvalue weighted by molar-refractivity contribution is 7.20. The highest BCUT2D eigenvalue weighted by atomic mass is 32.1. The highest BCUT2D eigenvalue weighted by Crippen LogP contribution is 2.39. The fourth-order valence-electron chi connectivity index (χ4n) is 4.08. The number of likely N-dealkylation sites (tertiary alicyclic amines) is 1. The minimum Gasteiger partial charge on any atom is -0.492 e. The van der Waals surface area contributed by atoms with Crippen molar-refractivity contribution in [2.75, 3.05) is 26.2 Å². The Balaban J connectivity index is 1.25. The van der Waals surface area contributed by atoms with Crippen molar-refractivity contribution >= 4 is 27.6 Å². The molecular weight excluding hydrogens is 388 g/mol. The van der Waals surface area contributed by atoms with Crippen LogP contribution in [0, 0.1) is 0 Å². The molecular formula is C21H22N4O3S. The molecule has 8 heteroatoms. The number of hydrogen-bond acceptors (Lipinski definition) is 7. The number of amides is 1. The summed E-state index contributed by atoms with van der Waals surface area (Å²) in [5.74, 6) is 1.98. The van der Waals surface area contributed by atoms with Crippen LogP contribution in [0.5, 0.6) is 16.7 Å². The minimum atomic E-state index is 0.0443. The van der Waals surface area contributed by atoms with Gasteiger partial charge in [0.15, 0.2) is 5.65 Å². The summed E-state index contributed by atoms with van der Waals surface area (Å²) in [6.45, 7) is 5.09. The van der Waals surface area contributed by atoms with Crippen LogP contribution in [0.25, 0.3) is 10.3 Å². The second-order valence-electron chi connectivity index (χ2n) is 7.56. The van der Waals surface area contributed by atoms with E-state index in [0.717, 1.165) is 42.3 Å². The van der Waals surface area contributed by atoms with Gasteiger partial charge in [-0.2, -0.15) is 4.98 Å². The van der Waals surface area contributed by atoms with E-state index in [-0.39, 0.29) is 11.9 Å². The Bertz CT molecular complexity index is 1020. The number of carbonyl (C=O) groups is 1. The van der Waals surface area contributed by atoms with Crippen LogP contribution in [0.15, 0.2) is 36.5 Å². The predicted molar refractivity (Wildman–Crippen MR) is 111 cm³/mol. The van der Waals surface area contributed by atoms with Crippen molar-refractivity contribution < 1.29 is 14.3 Å². The third-order valence-electron chi connectivity index (χ3n) is 5.37. The maximum Gasteiger partial charge on any atom is 0.281 e. The zero-order chi connectivity index (χ0) is 19.8. The number of benzene rings is 1. The number of carbonyl (C=O) groups excluding carboxylic acids is 1. The Morgan fingerprint density at radius 3 is 3.21 bits per heavy atom. The van der Waals surface area contributed by atoms with Crippen molar-refractivity contribution in [1.82, 2.24) is 20.2 Å². The monoisotopic (exact) mass is 410 g/mol. The Kier molecular flexibility index (Phi) is 4.81. The molecule has 2 aliphatic rings. The van der Waals surface area contributed by atoms with E-state index in [2.05, 4.69) is 26.3 Å². The van der Waals surface area contributed by atoms with E-state index in [0.29, 0.717) is 23.4 Å². The van der Waals surface area contributed by atoms with E-state index in [1.54, 1.807) is 13.1 Å². The van der Waals surface area contributed by atoms with Crippen LogP contribution in [0.4, 0.5) is 0 Å². The number of ether oxygens (including phenoxy) is 2. The maximum atomic E-state index is 11.3. The second-order valence-corrected chi connectivity index (χ2v) is 8.55. The molecule has 1 saturated heterocycles. The molecule has 150 valence electrons. The van der Waals surface area contributed by atoms with Gasteiger partial charge in [0.05, 0.1) is 11.3 Å². The molecule has 0 saturated carbocycles. The van der Waals surface area contributed by atoms with Crippen molar-refractivity contribution in [1.29, 1.82) is 0 Å². The third kappa shape index (κ3) is 3.90. The number of rotatable bonds is 5. The summed E-state index contributed by atoms with van der Waals surface area (Å²) in [6, 6.07) is 10.1. The Labute approximate surface area is 172 Å². The fraction of sp³-hybridized carbons (Fsp3) is 0.381. The minimum absolute atomic E-state index is 0.0443. The summed E-state index contributed by atoms with van der Waals surface area (Å²) >= 11 is 1.48. The molecule has 1 aromatic carbocycles. The van der Waals surface area contributed by atoms with Crippen molar-refractivity contribution in [3.05, 3.63) is 42.1 Å². The summed E-state index contributed by atoms with van der Waals surface area (Å²) in [4.78, 5) is 22.3. The fourth-order valence-corrected chi connectivity index (χ4v) is 4.88. The number of hydrogen-bond donors (Lipinski definition) is 1. The molecule has 0 aliphatic carbocycles. The lowest BCUT2D eigenvalue weighted by molar-refractivity contribution is -0.119. The maximum absolute atomic E-state index is 11.3. The van der Waals surface area contributed by atoms with Gasteiger partial charge in [-0.25, -0.2) is 4.98 Å². The van der Waals surface area contributed by atoms with Gasteiger partial charge in [0.1, 0.15) is 11.5 Å². The molecule has 7 nitrogen and oxygen atoms in total. The van der Waals surface area contributed by atoms with E-state index in [9.17, 15) is 4.79 Å². The summed E-state index contributed by atoms with van der Waals surface area (Å²) in [5, 5.41) is 3.60. The van der Waals surface area contributed by atoms with Crippen LogP contribution in [0.3, 0.4) is 0 Å². The van der Waals surface area contributed by atoms with E-state index < -0.39 is 0 Å². The molecule has 1 unspecified atom stereocenters. The molecule has 29 heavy (non-hydrogen) atoms. The van der Waals surface area contributed by atoms with Crippen molar-refractivity contribution in [3.63, 3.8) is 0 Å². The van der Waals surface area contributed by atoms with Crippen molar-refractivity contribution in [3.8, 4) is 16.7 Å². The lowest BCUT2D eigenvalue weighted by Gasteiger charge is -2.20. The predicted octanol–water partition coefficient (Wildman–Crippen LogP) is 3.17. The van der Waals surface area contributed by atoms with Gasteiger partial charge in [0.2, 0.25) is 5.91 Å². The lowest BCUT2D eigenvalue weighted by atomic mass is 10.0. The lowest BCUT2D eigenvalue weighted by Crippen LogP contribution is -2.36. The molecule has 2 atom stereocenters. The van der Waals surface area contributed by atoms with Crippen molar-refractivity contribution in [2.45, 2.75) is 25.3 Å². The summed E-state index contributed by atoms with van der Waals surface area (Å²) in [5.41, 5.74) is 1.92. The Hall–Kier alpha value is -2.71. The molecule has 4 heterocycles. The first-order valence-corrected chi connectivity index (χ1v) is 10.6. The smallest absolute Gasteiger partial charge is 0.281 e. The van der Waals surface area contributed by atoms with Crippen molar-refractivity contribution in [2.24, 2.45) is 0 Å². The molecule has 0 bridgehead atoms. The first-order chi connectivity index (χ1) is 14.1. The number of aromatic nitrogens is 2. The number of nitrogens with one attached hydrogen (secondary N) is 1. The van der Waals surface area contributed by atoms with Gasteiger partial charge in [0, 0.05) is 56.3 Å². The van der Waals surface area contributed by atoms with Crippen LogP contribution in [0.1, 0.15) is 24.8 Å². The molecule has 3 aromatic rings. The van der Waals surface area contributed by atoms with Gasteiger partial charge in [0.25, 0.3) is 5.19 Å². The van der Waals surface area contributed by atoms with Gasteiger partial charge in [-0.15, -0.1) is 0 Å². The Morgan fingerprint density at radius 2 is 2.34 bits per heavy atom. The average molecular weight is 410 g/mol. The van der Waals surface area contributed by atoms with Crippen LogP contribution in [-0.4, -0.2) is 53.1 Å². The normalized spacial score (nSPS) is 21.1. The number of pyridine rings is 1. The molecule has 2 aromatic heterocycles. The topological polar surface area (TPSA) is 76.6 Å². The van der Waals surface area contributed by atoms with E-state index in [1.165, 1.54) is 16.9 Å². The summed E-state index contributed by atoms with van der Waals surface area (Å²) < 4.78 is 12.9. The standard InChI is InChI=1S/C21H22N4O3S/c1-13(26)23-15-6-8-25(11-15)10-14-12-27-18-9-16(4-5-17(14)18)28-21-24-20-19(29-21)3-2-7-22-20/h2-5,7,9,14-15H,6,8,10-12H2,1H3,(H,23,26)/t14?,15-/m1/s1. The van der Waals surface area contributed by atoms with E-state index in [1.807, 2.05) is 24.3 Å². The molecule has 1 amide bonds. The molecule has 2 aliphatic heterocycles. The SMILES string of the molecule is CC(=O)N[C@@H]1CCN(CC2COc3cc(Oc4nc5ncccc5s4)ccc32)C1. The molecule has 1 fully saturated rings. The number of thiazole rings is 1. The third-order valence-corrected chi connectivity index (χ3v) is 6.26. The van der Waals surface area contributed by atoms with Gasteiger partial charge in [-0.1, -0.05) is 17.4 Å². The van der Waals surface area contributed by atoms with Crippen LogP contribution in [0.2, 0.25) is 0 Å². The zero-order valence-corrected chi connectivity index (χ0v) is 16.9. The van der Waals surface area contributed by atoms with Gasteiger partial charge < -0.3 is 19.7 Å². The first kappa shape index (κ1) is 18.3. The summed E-state index contributed by atoms with van der Waals surface area (Å²) in [7, 11) is 0. The van der Waals surface area contributed by atoms with Crippen LogP contribution >= 0.6 is 11.3 Å². The van der Waals surface area contributed by atoms with E-state index in [4.69, 9.17) is 9.47 Å². The Morgan fingerprint density at radius 1 is 1.41 bits per heavy atom. The van der Waals surface area contributed by atoms with Gasteiger partial charge in [-0.05, 0) is 24.6 Å². The molecule has 5 rings (SSSR count). The highest BCUT2D eigenvalue weighted by Gasteiger charge is 2.30. The van der Waals surface area contributed by atoms with E-state index >= 15 is 0 Å². The first-order valence-electron chi connectivity index (χ1n) is 9.79. The number of nitrogens with zero attached hydrogens (tertiary/aromatic N) is 3. The largest absolute Gasteiger partial charge is 0.492 e. The molecule has 0 radical (unpaired) electrons. The average Bonchev–Trinajstić information content (AvgIpc) is 3.40. The second kappa shape index (κ2) is 7.61. The van der Waals surface area contributed by atoms with Crippen LogP contribution < -0.4 is 14.8 Å². The summed E-state index contributed by atoms with van der Waals surface area (Å²) in [6.07, 6.45) is 2.73. The quantitative estimate of drug-likeness (QED) is 0.696. The number of fused-ring (bicyclic) bond motifs is 2. The molecule has 0 spiro atoms. The zero-order valence-electron chi connectivity index (χ0n) is 16.1. The van der Waals surface area contributed by atoms with Crippen LogP contribution in [-0.2, 0) is 4.79 Å². The molecule has 1 N–H and O–H groups in total. The van der Waals surface area contributed by atoms with Gasteiger partial charge in [-0.3, -0.25) is 4.79 Å².